The predicted molar refractivity (Wildman–Crippen MR) is 78.4 cm³/mol. The van der Waals surface area contributed by atoms with Gasteiger partial charge in [-0.25, -0.2) is 0 Å². The molecule has 4 aliphatic rings. The highest BCUT2D eigenvalue weighted by Gasteiger charge is 2.43. The van der Waals surface area contributed by atoms with Gasteiger partial charge >= 0.3 is 0 Å². The van der Waals surface area contributed by atoms with Gasteiger partial charge in [-0.2, -0.15) is 0 Å². The largest absolute Gasteiger partial charge is 0.277 e. The molecule has 4 heterocycles. The Bertz CT molecular complexity index is 222. The lowest BCUT2D eigenvalue weighted by Crippen LogP contribution is -2.39. The summed E-state index contributed by atoms with van der Waals surface area (Å²) in [7, 11) is 0. The molecule has 2 nitrogen and oxygen atoms in total. The minimum absolute atomic E-state index is 0.876. The fraction of sp³-hybridized carbons (Fsp3) is 1.00. The average Bonchev–Trinajstić information content (AvgIpc) is 3.10. The van der Waals surface area contributed by atoms with Gasteiger partial charge in [0.25, 0.3) is 0 Å². The van der Waals surface area contributed by atoms with Crippen molar-refractivity contribution in [1.82, 2.24) is 9.80 Å². The second kappa shape index (κ2) is 4.46. The molecule has 0 radical (unpaired) electrons. The monoisotopic (exact) mass is 292 g/mol. The van der Waals surface area contributed by atoms with E-state index in [4.69, 9.17) is 0 Å². The van der Waals surface area contributed by atoms with E-state index in [1.165, 1.54) is 36.1 Å². The maximum Gasteiger partial charge on any atom is 0.0660 e. The zero-order chi connectivity index (χ0) is 10.5. The molecule has 4 aliphatic heterocycles. The molecule has 0 aromatic rings. The third-order valence-electron chi connectivity index (χ3n) is 3.36. The molecular formula is C10H16N2S4. The summed E-state index contributed by atoms with van der Waals surface area (Å²) in [6, 6.07) is 0. The standard InChI is InChI=1S/C10H16N2S4/c1(11(7-3-13-7)8-4-14-8)2-12(9-5-15-9)10-6-16-10/h7-10H,1-6H2/t7-,8+,9?,10?. The van der Waals surface area contributed by atoms with Crippen LogP contribution in [0.25, 0.3) is 0 Å². The molecular weight excluding hydrogens is 276 g/mol. The molecule has 4 atom stereocenters. The van der Waals surface area contributed by atoms with Crippen molar-refractivity contribution in [3.63, 3.8) is 0 Å². The molecule has 4 fully saturated rings. The van der Waals surface area contributed by atoms with E-state index in [0.29, 0.717) is 0 Å². The van der Waals surface area contributed by atoms with Crippen molar-refractivity contribution in [1.29, 1.82) is 0 Å². The van der Waals surface area contributed by atoms with Crippen LogP contribution in [0.1, 0.15) is 0 Å². The van der Waals surface area contributed by atoms with Crippen LogP contribution in [0.15, 0.2) is 0 Å². The van der Waals surface area contributed by atoms with Crippen LogP contribution in [0, 0.1) is 0 Å². The number of hydrogen-bond donors (Lipinski definition) is 0. The van der Waals surface area contributed by atoms with Gasteiger partial charge in [0.2, 0.25) is 0 Å². The van der Waals surface area contributed by atoms with Crippen LogP contribution >= 0.6 is 47.0 Å². The Hall–Kier alpha value is 1.32. The van der Waals surface area contributed by atoms with Gasteiger partial charge in [-0.05, 0) is 0 Å². The fourth-order valence-electron chi connectivity index (χ4n) is 2.12. The molecule has 0 N–H and O–H groups in total. The summed E-state index contributed by atoms with van der Waals surface area (Å²) in [5, 5.41) is 3.50. The summed E-state index contributed by atoms with van der Waals surface area (Å²) in [5.41, 5.74) is 0. The third-order valence-corrected chi connectivity index (χ3v) is 6.97. The zero-order valence-electron chi connectivity index (χ0n) is 9.08. The van der Waals surface area contributed by atoms with Crippen LogP contribution in [0.2, 0.25) is 0 Å². The molecule has 0 aromatic heterocycles. The molecule has 16 heavy (non-hydrogen) atoms. The first-order valence-electron chi connectivity index (χ1n) is 5.90. The van der Waals surface area contributed by atoms with Crippen LogP contribution < -0.4 is 0 Å². The SMILES string of the molecule is C1SC1N(CCN([C@@H]1CS1)[C@H]1CS1)C1CS1. The highest BCUT2D eigenvalue weighted by Crippen LogP contribution is 2.45. The Morgan fingerprint density at radius 1 is 0.625 bits per heavy atom. The topological polar surface area (TPSA) is 6.48 Å². The van der Waals surface area contributed by atoms with E-state index in [9.17, 15) is 0 Å². The Labute approximate surface area is 114 Å². The van der Waals surface area contributed by atoms with Crippen molar-refractivity contribution in [2.24, 2.45) is 0 Å². The van der Waals surface area contributed by atoms with Crippen molar-refractivity contribution in [3.8, 4) is 0 Å². The maximum absolute atomic E-state index is 2.75. The summed E-state index contributed by atoms with van der Waals surface area (Å²) >= 11 is 8.51. The Morgan fingerprint density at radius 2 is 0.875 bits per heavy atom. The fourth-order valence-corrected chi connectivity index (χ4v) is 5.16. The lowest BCUT2D eigenvalue weighted by atomic mass is 10.4. The molecule has 0 amide bonds. The Balaban J connectivity index is 1.31. The second-order valence-electron chi connectivity index (χ2n) is 4.63. The minimum atomic E-state index is 0.876. The predicted octanol–water partition coefficient (Wildman–Crippen LogP) is 1.88. The summed E-state index contributed by atoms with van der Waals surface area (Å²) in [6.07, 6.45) is 0. The van der Waals surface area contributed by atoms with Crippen molar-refractivity contribution >= 4 is 47.0 Å². The van der Waals surface area contributed by atoms with Gasteiger partial charge in [0.05, 0.1) is 21.5 Å². The number of nitrogens with zero attached hydrogens (tertiary/aromatic N) is 2. The van der Waals surface area contributed by atoms with E-state index in [0.717, 1.165) is 21.5 Å². The van der Waals surface area contributed by atoms with Gasteiger partial charge in [-0.3, -0.25) is 9.80 Å². The molecule has 0 aliphatic carbocycles. The molecule has 0 spiro atoms. The molecule has 90 valence electrons. The van der Waals surface area contributed by atoms with Crippen molar-refractivity contribution < 1.29 is 0 Å². The summed E-state index contributed by atoms with van der Waals surface area (Å²) in [5.74, 6) is 5.53. The van der Waals surface area contributed by atoms with E-state index < -0.39 is 0 Å². The van der Waals surface area contributed by atoms with Crippen LogP contribution in [0.3, 0.4) is 0 Å². The third kappa shape index (κ3) is 2.67. The number of hydrogen-bond acceptors (Lipinski definition) is 6. The molecule has 0 saturated carbocycles. The van der Waals surface area contributed by atoms with Crippen molar-refractivity contribution in [2.45, 2.75) is 21.5 Å². The Morgan fingerprint density at radius 3 is 1.06 bits per heavy atom. The first kappa shape index (κ1) is 11.2. The number of thioether (sulfide) groups is 4. The molecule has 4 rings (SSSR count). The first-order valence-corrected chi connectivity index (χ1v) is 10.1. The summed E-state index contributed by atoms with van der Waals surface area (Å²) in [4.78, 5) is 5.50. The highest BCUT2D eigenvalue weighted by atomic mass is 32.2. The molecule has 2 unspecified atom stereocenters. The van der Waals surface area contributed by atoms with E-state index in [1.54, 1.807) is 0 Å². The minimum Gasteiger partial charge on any atom is -0.277 e. The van der Waals surface area contributed by atoms with Gasteiger partial charge in [0, 0.05) is 36.1 Å². The smallest absolute Gasteiger partial charge is 0.0660 e. The van der Waals surface area contributed by atoms with Gasteiger partial charge in [0.15, 0.2) is 0 Å². The van der Waals surface area contributed by atoms with Crippen LogP contribution in [0.4, 0.5) is 0 Å². The summed E-state index contributed by atoms with van der Waals surface area (Å²) in [6.45, 7) is 2.62. The maximum atomic E-state index is 2.75. The Kier molecular flexibility index (Phi) is 3.11. The van der Waals surface area contributed by atoms with Crippen molar-refractivity contribution in [3.05, 3.63) is 0 Å². The van der Waals surface area contributed by atoms with Crippen LogP contribution in [-0.2, 0) is 0 Å². The highest BCUT2D eigenvalue weighted by molar-refractivity contribution is 8.08. The van der Waals surface area contributed by atoms with Gasteiger partial charge in [-0.1, -0.05) is 0 Å². The quantitative estimate of drug-likeness (QED) is 0.656. The average molecular weight is 293 g/mol. The van der Waals surface area contributed by atoms with Crippen LogP contribution in [0.5, 0.6) is 0 Å². The molecule has 6 heteroatoms. The zero-order valence-corrected chi connectivity index (χ0v) is 12.3. The van der Waals surface area contributed by atoms with Crippen molar-refractivity contribution in [2.75, 3.05) is 36.1 Å². The second-order valence-corrected chi connectivity index (χ2v) is 9.47. The van der Waals surface area contributed by atoms with E-state index in [-0.39, 0.29) is 0 Å². The van der Waals surface area contributed by atoms with E-state index in [2.05, 4.69) is 56.8 Å². The van der Waals surface area contributed by atoms with E-state index >= 15 is 0 Å². The first-order chi connectivity index (χ1) is 7.92. The van der Waals surface area contributed by atoms with Crippen LogP contribution in [-0.4, -0.2) is 67.4 Å². The lowest BCUT2D eigenvalue weighted by molar-refractivity contribution is 0.220. The number of rotatable bonds is 7. The van der Waals surface area contributed by atoms with Gasteiger partial charge in [0.1, 0.15) is 0 Å². The summed E-state index contributed by atoms with van der Waals surface area (Å²) < 4.78 is 0. The van der Waals surface area contributed by atoms with Gasteiger partial charge < -0.3 is 0 Å². The lowest BCUT2D eigenvalue weighted by Gasteiger charge is -2.25. The molecule has 0 bridgehead atoms. The normalized spacial score (nSPS) is 43.9. The molecule has 0 aromatic carbocycles. The molecule has 4 saturated heterocycles. The van der Waals surface area contributed by atoms with E-state index in [1.807, 2.05) is 0 Å². The van der Waals surface area contributed by atoms with Gasteiger partial charge in [-0.15, -0.1) is 47.0 Å².